The maximum absolute atomic E-state index is 13.0. The fraction of sp³-hybridized carbons (Fsp3) is 0.905. The number of carbonyl (C=O) groups is 2. The fourth-order valence-corrected chi connectivity index (χ4v) is 13.5. The quantitative estimate of drug-likeness (QED) is 0.0195. The molecular weight excluding hydrogens is 1180 g/mol. The van der Waals surface area contributed by atoms with E-state index in [2.05, 4.69) is 43.5 Å². The van der Waals surface area contributed by atoms with Gasteiger partial charge >= 0.3 is 5.97 Å². The molecule has 1 aliphatic heterocycles. The van der Waals surface area contributed by atoms with E-state index in [-0.39, 0.29) is 18.5 Å². The van der Waals surface area contributed by atoms with Crippen LogP contribution < -0.4 is 5.32 Å². The summed E-state index contributed by atoms with van der Waals surface area (Å²) in [6.07, 6.45) is 86.5. The summed E-state index contributed by atoms with van der Waals surface area (Å²) in [5, 5.41) is 54.4. The van der Waals surface area contributed by atoms with Gasteiger partial charge in [0.1, 0.15) is 24.4 Å². The molecule has 7 unspecified atom stereocenters. The number of amides is 1. The molecule has 1 aliphatic rings. The Morgan fingerprint density at radius 2 is 0.705 bits per heavy atom. The molecule has 1 fully saturated rings. The molecule has 0 radical (unpaired) electrons. The Morgan fingerprint density at radius 3 is 1.06 bits per heavy atom. The van der Waals surface area contributed by atoms with Crippen LogP contribution in [0, 0.1) is 0 Å². The second-order valence-corrected chi connectivity index (χ2v) is 29.2. The van der Waals surface area contributed by atoms with Gasteiger partial charge in [0.05, 0.1) is 32.0 Å². The number of carbonyl (C=O) groups excluding carboxylic acids is 2. The van der Waals surface area contributed by atoms with Crippen molar-refractivity contribution < 1.29 is 49.3 Å². The Labute approximate surface area is 587 Å². The first-order chi connectivity index (χ1) is 46.7. The van der Waals surface area contributed by atoms with Crippen LogP contribution in [0.2, 0.25) is 0 Å². The van der Waals surface area contributed by atoms with Crippen molar-refractivity contribution in [2.45, 2.75) is 468 Å². The summed E-state index contributed by atoms with van der Waals surface area (Å²) in [5.74, 6) is -0.159. The molecule has 7 atom stereocenters. The minimum atomic E-state index is -1.57. The topological polar surface area (TPSA) is 175 Å². The van der Waals surface area contributed by atoms with Crippen molar-refractivity contribution in [3.05, 3.63) is 36.5 Å². The average Bonchev–Trinajstić information content (AvgIpc) is 0.834. The van der Waals surface area contributed by atoms with Crippen LogP contribution in [0.3, 0.4) is 0 Å². The van der Waals surface area contributed by atoms with E-state index in [9.17, 15) is 35.1 Å². The highest BCUT2D eigenvalue weighted by Gasteiger charge is 2.44. The molecular formula is C84H159NO10. The zero-order valence-corrected chi connectivity index (χ0v) is 62.7. The first kappa shape index (κ1) is 90.9. The van der Waals surface area contributed by atoms with E-state index in [1.165, 1.54) is 340 Å². The van der Waals surface area contributed by atoms with Gasteiger partial charge in [-0.25, -0.2) is 0 Å². The second kappa shape index (κ2) is 73.1. The number of rotatable bonds is 75. The molecule has 95 heavy (non-hydrogen) atoms. The van der Waals surface area contributed by atoms with Crippen LogP contribution in [-0.2, 0) is 23.8 Å². The van der Waals surface area contributed by atoms with Crippen LogP contribution in [0.4, 0.5) is 0 Å². The van der Waals surface area contributed by atoms with Crippen molar-refractivity contribution >= 4 is 11.9 Å². The summed E-state index contributed by atoms with van der Waals surface area (Å²) in [4.78, 5) is 25.2. The number of nitrogens with one attached hydrogen (secondary N) is 1. The van der Waals surface area contributed by atoms with Gasteiger partial charge in [-0.3, -0.25) is 9.59 Å². The number of esters is 1. The van der Waals surface area contributed by atoms with E-state index >= 15 is 0 Å². The summed E-state index contributed by atoms with van der Waals surface area (Å²) < 4.78 is 16.8. The van der Waals surface area contributed by atoms with Crippen LogP contribution in [0.1, 0.15) is 425 Å². The minimum Gasteiger partial charge on any atom is -0.466 e. The number of hydrogen-bond acceptors (Lipinski definition) is 10. The number of aliphatic hydroxyl groups is 5. The van der Waals surface area contributed by atoms with E-state index in [0.717, 1.165) is 57.8 Å². The first-order valence-electron chi connectivity index (χ1n) is 41.8. The van der Waals surface area contributed by atoms with Crippen molar-refractivity contribution in [1.82, 2.24) is 5.32 Å². The van der Waals surface area contributed by atoms with Gasteiger partial charge in [-0.1, -0.05) is 384 Å². The lowest BCUT2D eigenvalue weighted by Gasteiger charge is -2.40. The third kappa shape index (κ3) is 61.5. The highest BCUT2D eigenvalue weighted by Crippen LogP contribution is 2.24. The lowest BCUT2D eigenvalue weighted by Crippen LogP contribution is -2.60. The van der Waals surface area contributed by atoms with Crippen LogP contribution in [0.15, 0.2) is 36.5 Å². The molecule has 6 N–H and O–H groups in total. The third-order valence-electron chi connectivity index (χ3n) is 20.0. The van der Waals surface area contributed by atoms with Gasteiger partial charge in [0.15, 0.2) is 6.29 Å². The van der Waals surface area contributed by atoms with Gasteiger partial charge in [-0.05, 0) is 64.2 Å². The Morgan fingerprint density at radius 1 is 0.389 bits per heavy atom. The van der Waals surface area contributed by atoms with Crippen LogP contribution in [0.5, 0.6) is 0 Å². The van der Waals surface area contributed by atoms with Gasteiger partial charge < -0.3 is 45.1 Å². The predicted octanol–water partition coefficient (Wildman–Crippen LogP) is 22.9. The summed E-state index contributed by atoms with van der Waals surface area (Å²) in [7, 11) is 0. The van der Waals surface area contributed by atoms with E-state index in [4.69, 9.17) is 14.2 Å². The molecule has 1 amide bonds. The van der Waals surface area contributed by atoms with E-state index in [1.807, 2.05) is 6.08 Å². The second-order valence-electron chi connectivity index (χ2n) is 29.2. The predicted molar refractivity (Wildman–Crippen MR) is 403 cm³/mol. The summed E-state index contributed by atoms with van der Waals surface area (Å²) >= 11 is 0. The molecule has 0 saturated carbocycles. The molecule has 0 aromatic heterocycles. The monoisotopic (exact) mass is 1340 g/mol. The summed E-state index contributed by atoms with van der Waals surface area (Å²) in [6, 6.07) is -0.806. The van der Waals surface area contributed by atoms with Crippen molar-refractivity contribution in [1.29, 1.82) is 0 Å². The summed E-state index contributed by atoms with van der Waals surface area (Å²) in [6.45, 7) is 4.37. The molecule has 0 bridgehead atoms. The molecule has 11 heteroatoms. The maximum Gasteiger partial charge on any atom is 0.305 e. The molecule has 1 rings (SSSR count). The van der Waals surface area contributed by atoms with Crippen molar-refractivity contribution in [3.63, 3.8) is 0 Å². The molecule has 11 nitrogen and oxygen atoms in total. The van der Waals surface area contributed by atoms with Crippen molar-refractivity contribution in [2.75, 3.05) is 19.8 Å². The normalized spacial score (nSPS) is 17.5. The average molecular weight is 1340 g/mol. The number of hydrogen-bond donors (Lipinski definition) is 6. The summed E-state index contributed by atoms with van der Waals surface area (Å²) in [5.41, 5.74) is 0. The highest BCUT2D eigenvalue weighted by atomic mass is 16.7. The largest absolute Gasteiger partial charge is 0.466 e. The maximum atomic E-state index is 13.0. The van der Waals surface area contributed by atoms with Crippen LogP contribution in [0.25, 0.3) is 0 Å². The highest BCUT2D eigenvalue weighted by molar-refractivity contribution is 5.76. The van der Waals surface area contributed by atoms with Crippen LogP contribution in [-0.4, -0.2) is 100 Å². The zero-order valence-electron chi connectivity index (χ0n) is 62.7. The molecule has 0 aromatic rings. The van der Waals surface area contributed by atoms with E-state index < -0.39 is 49.5 Å². The number of aliphatic hydroxyl groups excluding tert-OH is 5. The van der Waals surface area contributed by atoms with E-state index in [1.54, 1.807) is 6.08 Å². The molecule has 1 heterocycles. The molecule has 1 saturated heterocycles. The van der Waals surface area contributed by atoms with Gasteiger partial charge in [-0.2, -0.15) is 0 Å². The first-order valence-corrected chi connectivity index (χ1v) is 41.8. The van der Waals surface area contributed by atoms with Gasteiger partial charge in [0.2, 0.25) is 5.91 Å². The van der Waals surface area contributed by atoms with E-state index in [0.29, 0.717) is 19.4 Å². The van der Waals surface area contributed by atoms with Gasteiger partial charge in [0, 0.05) is 12.8 Å². The zero-order chi connectivity index (χ0) is 68.6. The van der Waals surface area contributed by atoms with Crippen LogP contribution >= 0.6 is 0 Å². The third-order valence-corrected chi connectivity index (χ3v) is 20.0. The number of allylic oxidation sites excluding steroid dienone is 5. The lowest BCUT2D eigenvalue weighted by atomic mass is 9.99. The van der Waals surface area contributed by atoms with Crippen molar-refractivity contribution in [3.8, 4) is 0 Å². The molecule has 0 aliphatic carbocycles. The Hall–Kier alpha value is -2.12. The number of ether oxygens (including phenoxy) is 3. The standard InChI is InChI=1S/C84H159NO10/c1-3-5-7-9-11-13-14-15-16-17-39-43-46-49-52-56-60-64-68-72-80(89)93-73-69-65-61-57-53-50-47-44-41-38-36-34-32-30-28-26-24-22-20-18-19-21-23-25-27-29-31-33-35-37-40-42-45-48-51-55-59-63-67-71-79(88)85-76(77(87)70-66-62-58-54-12-10-8-6-4-2)75-94-84-83(92)82(91)81(90)78(74-86)95-84/h18-19,22,24,66,70,76-78,81-84,86-87,90-92H,3-17,20-21,23,25-65,67-69,71-75H2,1-2H3,(H,85,88)/b19-18-,24-22-,70-66+. The Kier molecular flexibility index (Phi) is 69.9. The fourth-order valence-electron chi connectivity index (χ4n) is 13.5. The minimum absolute atomic E-state index is 0.0202. The lowest BCUT2D eigenvalue weighted by molar-refractivity contribution is -0.302. The molecule has 560 valence electrons. The SMILES string of the molecule is CCCCCCCCC/C=C/C(O)C(COC1OC(CO)C(O)C(O)C1O)NC(=O)CCCCCCCCCCCCCCCCCCC/C=C\C/C=C\CCCCCCCCCCCCCCCCCOC(=O)CCCCCCCCCCCCCCCCCCCCC. The molecule has 0 aromatic carbocycles. The van der Waals surface area contributed by atoms with Crippen molar-refractivity contribution in [2.24, 2.45) is 0 Å². The Bertz CT molecular complexity index is 1670. The Balaban J connectivity index is 1.84. The molecule has 0 spiro atoms. The number of unbranched alkanes of at least 4 members (excludes halogenated alkanes) is 57. The smallest absolute Gasteiger partial charge is 0.305 e. The van der Waals surface area contributed by atoms with Gasteiger partial charge in [-0.15, -0.1) is 0 Å². The van der Waals surface area contributed by atoms with Gasteiger partial charge in [0.25, 0.3) is 0 Å².